The topological polar surface area (TPSA) is 77.2 Å². The molecule has 0 spiro atoms. The van der Waals surface area contributed by atoms with Crippen LogP contribution in [0.25, 0.3) is 0 Å². The summed E-state index contributed by atoms with van der Waals surface area (Å²) in [7, 11) is 1.25. The number of nitrogens with one attached hydrogen (secondary N) is 1. The van der Waals surface area contributed by atoms with Gasteiger partial charge in [-0.1, -0.05) is 11.6 Å². The van der Waals surface area contributed by atoms with Gasteiger partial charge in [-0.3, -0.25) is 0 Å². The van der Waals surface area contributed by atoms with Crippen LogP contribution in [0.1, 0.15) is 10.4 Å². The Labute approximate surface area is 119 Å². The number of methoxy groups -OCH3 is 1. The van der Waals surface area contributed by atoms with E-state index in [1.807, 2.05) is 0 Å². The van der Waals surface area contributed by atoms with Gasteiger partial charge in [0.1, 0.15) is 17.2 Å². The second kappa shape index (κ2) is 5.75. The van der Waals surface area contributed by atoms with E-state index in [1.54, 1.807) is 0 Å². The molecule has 0 aliphatic carbocycles. The summed E-state index contributed by atoms with van der Waals surface area (Å²) in [6, 6.07) is 5.50. The standard InChI is InChI=1S/C13H11ClFN3O2/c1-20-13(19)9-4-7(16)6-17-12(9)18-8-2-3-11(15)10(14)5-8/h2-6H,16H2,1H3,(H,17,18). The summed E-state index contributed by atoms with van der Waals surface area (Å²) < 4.78 is 17.7. The number of nitrogens with zero attached hydrogens (tertiary/aromatic N) is 1. The molecule has 5 nitrogen and oxygen atoms in total. The second-order valence-corrected chi connectivity index (χ2v) is 4.32. The van der Waals surface area contributed by atoms with E-state index in [4.69, 9.17) is 17.3 Å². The van der Waals surface area contributed by atoms with Crippen LogP contribution in [0.4, 0.5) is 21.6 Å². The molecule has 0 saturated carbocycles. The summed E-state index contributed by atoms with van der Waals surface area (Å²) in [5.74, 6) is -0.870. The van der Waals surface area contributed by atoms with E-state index >= 15 is 0 Å². The number of nitrogens with two attached hydrogens (primary N) is 1. The minimum absolute atomic E-state index is 0.0370. The van der Waals surface area contributed by atoms with Crippen LogP contribution in [0.15, 0.2) is 30.5 Å². The zero-order valence-electron chi connectivity index (χ0n) is 10.5. The number of carbonyl (C=O) groups excluding carboxylic acids is 1. The number of anilines is 3. The average molecular weight is 296 g/mol. The van der Waals surface area contributed by atoms with Crippen molar-refractivity contribution in [1.82, 2.24) is 4.98 Å². The quantitative estimate of drug-likeness (QED) is 0.851. The smallest absolute Gasteiger partial charge is 0.341 e. The fourth-order valence-corrected chi connectivity index (χ4v) is 1.74. The van der Waals surface area contributed by atoms with Crippen molar-refractivity contribution < 1.29 is 13.9 Å². The molecule has 0 radical (unpaired) electrons. The molecule has 3 N–H and O–H groups in total. The number of halogens is 2. The Morgan fingerprint density at radius 3 is 2.85 bits per heavy atom. The van der Waals surface area contributed by atoms with Gasteiger partial charge in [0.25, 0.3) is 0 Å². The molecule has 0 atom stereocenters. The number of pyridine rings is 1. The number of benzene rings is 1. The fraction of sp³-hybridized carbons (Fsp3) is 0.0769. The van der Waals surface area contributed by atoms with Crippen molar-refractivity contribution in [1.29, 1.82) is 0 Å². The van der Waals surface area contributed by atoms with Crippen molar-refractivity contribution >= 4 is 34.8 Å². The van der Waals surface area contributed by atoms with Crippen molar-refractivity contribution in [3.05, 3.63) is 46.9 Å². The van der Waals surface area contributed by atoms with E-state index in [0.717, 1.165) is 0 Å². The van der Waals surface area contributed by atoms with Crippen molar-refractivity contribution in [2.45, 2.75) is 0 Å². The largest absolute Gasteiger partial charge is 0.465 e. The highest BCUT2D eigenvalue weighted by atomic mass is 35.5. The number of hydrogen-bond acceptors (Lipinski definition) is 5. The molecular weight excluding hydrogens is 285 g/mol. The number of aromatic nitrogens is 1. The van der Waals surface area contributed by atoms with Gasteiger partial charge in [0, 0.05) is 5.69 Å². The van der Waals surface area contributed by atoms with Crippen LogP contribution in [0.2, 0.25) is 5.02 Å². The van der Waals surface area contributed by atoms with Crippen LogP contribution in [0.5, 0.6) is 0 Å². The lowest BCUT2D eigenvalue weighted by Gasteiger charge is -2.10. The van der Waals surface area contributed by atoms with Gasteiger partial charge in [0.15, 0.2) is 0 Å². The third-order valence-corrected chi connectivity index (χ3v) is 2.79. The Hall–Kier alpha value is -2.34. The lowest BCUT2D eigenvalue weighted by Crippen LogP contribution is -2.08. The maximum absolute atomic E-state index is 13.1. The van der Waals surface area contributed by atoms with E-state index in [2.05, 4.69) is 15.0 Å². The number of esters is 1. The number of carbonyl (C=O) groups is 1. The summed E-state index contributed by atoms with van der Waals surface area (Å²) in [5.41, 5.74) is 6.57. The molecule has 1 aromatic heterocycles. The monoisotopic (exact) mass is 295 g/mol. The SMILES string of the molecule is COC(=O)c1cc(N)cnc1Nc1ccc(F)c(Cl)c1. The first-order valence-corrected chi connectivity index (χ1v) is 5.95. The van der Waals surface area contributed by atoms with Crippen molar-refractivity contribution in [2.24, 2.45) is 0 Å². The Bertz CT molecular complexity index is 664. The van der Waals surface area contributed by atoms with Gasteiger partial charge in [0.05, 0.1) is 24.0 Å². The minimum atomic E-state index is -0.583. The van der Waals surface area contributed by atoms with Crippen LogP contribution >= 0.6 is 11.6 Å². The lowest BCUT2D eigenvalue weighted by molar-refractivity contribution is 0.0601. The maximum Gasteiger partial charge on any atom is 0.341 e. The van der Waals surface area contributed by atoms with Crippen LogP contribution in [0, 0.1) is 5.82 Å². The number of rotatable bonds is 3. The van der Waals surface area contributed by atoms with Crippen molar-refractivity contribution in [2.75, 3.05) is 18.2 Å². The zero-order valence-corrected chi connectivity index (χ0v) is 11.2. The van der Waals surface area contributed by atoms with E-state index in [1.165, 1.54) is 37.6 Å². The first-order valence-electron chi connectivity index (χ1n) is 5.57. The van der Waals surface area contributed by atoms with E-state index in [-0.39, 0.29) is 16.4 Å². The summed E-state index contributed by atoms with van der Waals surface area (Å²) >= 11 is 5.69. The third-order valence-electron chi connectivity index (χ3n) is 2.50. The third kappa shape index (κ3) is 2.97. The molecule has 2 aromatic rings. The number of ether oxygens (including phenoxy) is 1. The second-order valence-electron chi connectivity index (χ2n) is 3.91. The molecule has 2 rings (SSSR count). The summed E-state index contributed by atoms with van der Waals surface area (Å²) in [5, 5.41) is 2.83. The molecule has 104 valence electrons. The number of nitrogen functional groups attached to an aromatic ring is 1. The molecule has 0 saturated heterocycles. The van der Waals surface area contributed by atoms with Gasteiger partial charge >= 0.3 is 5.97 Å². The van der Waals surface area contributed by atoms with E-state index in [0.29, 0.717) is 11.4 Å². The van der Waals surface area contributed by atoms with Crippen molar-refractivity contribution in [3.8, 4) is 0 Å². The molecule has 1 heterocycles. The molecular formula is C13H11ClFN3O2. The lowest BCUT2D eigenvalue weighted by atomic mass is 10.2. The number of hydrogen-bond donors (Lipinski definition) is 2. The van der Waals surface area contributed by atoms with Gasteiger partial charge in [-0.15, -0.1) is 0 Å². The molecule has 0 aliphatic heterocycles. The molecule has 0 unspecified atom stereocenters. The molecule has 20 heavy (non-hydrogen) atoms. The van der Waals surface area contributed by atoms with Crippen LogP contribution < -0.4 is 11.1 Å². The molecule has 0 aliphatic rings. The summed E-state index contributed by atoms with van der Waals surface area (Å²) in [6.45, 7) is 0. The highest BCUT2D eigenvalue weighted by Gasteiger charge is 2.14. The zero-order chi connectivity index (χ0) is 14.7. The highest BCUT2D eigenvalue weighted by molar-refractivity contribution is 6.31. The maximum atomic E-state index is 13.1. The van der Waals surface area contributed by atoms with Gasteiger partial charge in [-0.05, 0) is 24.3 Å². The Kier molecular flexibility index (Phi) is 4.05. The fourth-order valence-electron chi connectivity index (χ4n) is 1.56. The predicted molar refractivity (Wildman–Crippen MR) is 74.7 cm³/mol. The normalized spacial score (nSPS) is 10.2. The van der Waals surface area contributed by atoms with Gasteiger partial charge in [-0.2, -0.15) is 0 Å². The Morgan fingerprint density at radius 1 is 1.45 bits per heavy atom. The minimum Gasteiger partial charge on any atom is -0.465 e. The van der Waals surface area contributed by atoms with Gasteiger partial charge < -0.3 is 15.8 Å². The van der Waals surface area contributed by atoms with Crippen LogP contribution in [0.3, 0.4) is 0 Å². The molecule has 0 fully saturated rings. The molecule has 7 heteroatoms. The first-order chi connectivity index (χ1) is 9.51. The highest BCUT2D eigenvalue weighted by Crippen LogP contribution is 2.24. The Balaban J connectivity index is 2.37. The first kappa shape index (κ1) is 14.1. The van der Waals surface area contributed by atoms with Crippen LogP contribution in [-0.2, 0) is 4.74 Å². The van der Waals surface area contributed by atoms with Crippen molar-refractivity contribution in [3.63, 3.8) is 0 Å². The summed E-state index contributed by atoms with van der Waals surface area (Å²) in [6.07, 6.45) is 1.39. The van der Waals surface area contributed by atoms with Gasteiger partial charge in [0.2, 0.25) is 0 Å². The molecule has 0 bridgehead atoms. The predicted octanol–water partition coefficient (Wildman–Crippen LogP) is 2.99. The van der Waals surface area contributed by atoms with E-state index < -0.39 is 11.8 Å². The average Bonchev–Trinajstić information content (AvgIpc) is 2.44. The summed E-state index contributed by atoms with van der Waals surface area (Å²) in [4.78, 5) is 15.7. The van der Waals surface area contributed by atoms with E-state index in [9.17, 15) is 9.18 Å². The van der Waals surface area contributed by atoms with Gasteiger partial charge in [-0.25, -0.2) is 14.2 Å². The molecule has 1 aromatic carbocycles. The van der Waals surface area contributed by atoms with Crippen LogP contribution in [-0.4, -0.2) is 18.1 Å². The molecule has 0 amide bonds. The Morgan fingerprint density at radius 2 is 2.20 bits per heavy atom.